The van der Waals surface area contributed by atoms with Crippen molar-refractivity contribution >= 4 is 22.5 Å². The standard InChI is InChI=1S/C12H9ClF3N/c1-3-6-5(2)17-12-7(9(6)13)4-8(14)10(15)11(12)16/h4H,3H2,1-2H3. The van der Waals surface area contributed by atoms with Crippen LogP contribution in [0, 0.1) is 24.4 Å². The van der Waals surface area contributed by atoms with Crippen molar-refractivity contribution in [1.29, 1.82) is 0 Å². The third-order valence-electron chi connectivity index (χ3n) is 2.71. The largest absolute Gasteiger partial charge is 0.250 e. The number of aromatic nitrogens is 1. The predicted molar refractivity (Wildman–Crippen MR) is 60.7 cm³/mol. The Morgan fingerprint density at radius 3 is 2.47 bits per heavy atom. The molecule has 0 N–H and O–H groups in total. The summed E-state index contributed by atoms with van der Waals surface area (Å²) in [5, 5.41) is 0.332. The van der Waals surface area contributed by atoms with E-state index in [1.165, 1.54) is 0 Å². The number of benzene rings is 1. The fourth-order valence-electron chi connectivity index (χ4n) is 1.83. The molecular weight excluding hydrogens is 251 g/mol. The Kier molecular flexibility index (Phi) is 3.00. The van der Waals surface area contributed by atoms with Crippen molar-refractivity contribution in [2.75, 3.05) is 0 Å². The minimum absolute atomic E-state index is 0.102. The van der Waals surface area contributed by atoms with Crippen LogP contribution >= 0.6 is 11.6 Å². The number of rotatable bonds is 1. The van der Waals surface area contributed by atoms with Gasteiger partial charge in [0, 0.05) is 11.1 Å². The molecule has 2 aromatic rings. The van der Waals surface area contributed by atoms with Gasteiger partial charge in [0.1, 0.15) is 5.52 Å². The SMILES string of the molecule is CCc1c(C)nc2c(F)c(F)c(F)cc2c1Cl. The first kappa shape index (κ1) is 12.2. The molecule has 17 heavy (non-hydrogen) atoms. The van der Waals surface area contributed by atoms with Crippen molar-refractivity contribution in [2.24, 2.45) is 0 Å². The van der Waals surface area contributed by atoms with Gasteiger partial charge in [0.2, 0.25) is 0 Å². The highest BCUT2D eigenvalue weighted by molar-refractivity contribution is 6.36. The van der Waals surface area contributed by atoms with Crippen LogP contribution in [0.2, 0.25) is 5.02 Å². The van der Waals surface area contributed by atoms with E-state index in [9.17, 15) is 13.2 Å². The zero-order chi connectivity index (χ0) is 12.7. The van der Waals surface area contributed by atoms with Crippen LogP contribution in [0.3, 0.4) is 0 Å². The molecular formula is C12H9ClF3N. The number of fused-ring (bicyclic) bond motifs is 1. The Morgan fingerprint density at radius 2 is 1.88 bits per heavy atom. The lowest BCUT2D eigenvalue weighted by Gasteiger charge is -2.10. The van der Waals surface area contributed by atoms with Gasteiger partial charge in [-0.2, -0.15) is 0 Å². The fraction of sp³-hybridized carbons (Fsp3) is 0.250. The van der Waals surface area contributed by atoms with Gasteiger partial charge in [0.25, 0.3) is 0 Å². The summed E-state index contributed by atoms with van der Waals surface area (Å²) in [6, 6.07) is 0.877. The van der Waals surface area contributed by atoms with E-state index in [0.29, 0.717) is 17.7 Å². The van der Waals surface area contributed by atoms with Crippen molar-refractivity contribution in [3.05, 3.63) is 39.8 Å². The molecule has 90 valence electrons. The molecule has 0 fully saturated rings. The molecule has 0 aliphatic carbocycles. The molecule has 5 heteroatoms. The molecule has 0 spiro atoms. The second-order valence-electron chi connectivity index (χ2n) is 3.73. The van der Waals surface area contributed by atoms with Crippen molar-refractivity contribution in [3.63, 3.8) is 0 Å². The molecule has 1 heterocycles. The van der Waals surface area contributed by atoms with Crippen LogP contribution < -0.4 is 0 Å². The molecule has 0 unspecified atom stereocenters. The van der Waals surface area contributed by atoms with Gasteiger partial charge in [-0.05, 0) is 25.0 Å². The van der Waals surface area contributed by atoms with E-state index in [-0.39, 0.29) is 15.9 Å². The van der Waals surface area contributed by atoms with Crippen LogP contribution in [0.25, 0.3) is 10.9 Å². The number of halogens is 4. The first-order valence-corrected chi connectivity index (χ1v) is 5.47. The van der Waals surface area contributed by atoms with Gasteiger partial charge in [-0.15, -0.1) is 0 Å². The highest BCUT2D eigenvalue weighted by Gasteiger charge is 2.19. The van der Waals surface area contributed by atoms with E-state index in [2.05, 4.69) is 4.98 Å². The molecule has 0 bridgehead atoms. The topological polar surface area (TPSA) is 12.9 Å². The zero-order valence-electron chi connectivity index (χ0n) is 9.24. The monoisotopic (exact) mass is 259 g/mol. The lowest BCUT2D eigenvalue weighted by atomic mass is 10.1. The van der Waals surface area contributed by atoms with Gasteiger partial charge in [-0.25, -0.2) is 18.2 Å². The van der Waals surface area contributed by atoms with E-state index in [4.69, 9.17) is 11.6 Å². The van der Waals surface area contributed by atoms with Gasteiger partial charge in [-0.3, -0.25) is 0 Å². The Bertz CT molecular complexity index is 611. The van der Waals surface area contributed by atoms with Crippen LogP contribution in [0.15, 0.2) is 6.07 Å². The molecule has 1 aromatic heterocycles. The van der Waals surface area contributed by atoms with Gasteiger partial charge in [-0.1, -0.05) is 18.5 Å². The predicted octanol–water partition coefficient (Wildman–Crippen LogP) is 4.18. The number of pyridine rings is 1. The zero-order valence-corrected chi connectivity index (χ0v) is 10.00. The van der Waals surface area contributed by atoms with Gasteiger partial charge in [0.05, 0.1) is 5.02 Å². The van der Waals surface area contributed by atoms with Crippen LogP contribution in [0.5, 0.6) is 0 Å². The molecule has 0 aliphatic rings. The number of hydrogen-bond acceptors (Lipinski definition) is 1. The van der Waals surface area contributed by atoms with E-state index in [0.717, 1.165) is 6.07 Å². The van der Waals surface area contributed by atoms with Gasteiger partial charge < -0.3 is 0 Å². The van der Waals surface area contributed by atoms with Crippen LogP contribution in [-0.4, -0.2) is 4.98 Å². The highest BCUT2D eigenvalue weighted by atomic mass is 35.5. The quantitative estimate of drug-likeness (QED) is 0.700. The summed E-state index contributed by atoms with van der Waals surface area (Å²) >= 11 is 6.05. The average molecular weight is 260 g/mol. The lowest BCUT2D eigenvalue weighted by molar-refractivity contribution is 0.452. The third kappa shape index (κ3) is 1.76. The van der Waals surface area contributed by atoms with Gasteiger partial charge in [0.15, 0.2) is 17.5 Å². The first-order chi connectivity index (χ1) is 7.97. The Balaban J connectivity index is 2.97. The molecule has 0 saturated carbocycles. The van der Waals surface area contributed by atoms with Crippen molar-refractivity contribution in [3.8, 4) is 0 Å². The highest BCUT2D eigenvalue weighted by Crippen LogP contribution is 2.31. The average Bonchev–Trinajstić information content (AvgIpc) is 2.29. The van der Waals surface area contributed by atoms with Crippen LogP contribution in [0.1, 0.15) is 18.2 Å². The summed E-state index contributed by atoms with van der Waals surface area (Å²) in [6.45, 7) is 3.52. The van der Waals surface area contributed by atoms with Crippen LogP contribution in [-0.2, 0) is 6.42 Å². The summed E-state index contributed by atoms with van der Waals surface area (Å²) in [5.74, 6) is -4.08. The summed E-state index contributed by atoms with van der Waals surface area (Å²) in [4.78, 5) is 3.94. The maximum atomic E-state index is 13.5. The second kappa shape index (κ2) is 4.18. The van der Waals surface area contributed by atoms with Gasteiger partial charge >= 0.3 is 0 Å². The number of hydrogen-bond donors (Lipinski definition) is 0. The van der Waals surface area contributed by atoms with Crippen molar-refractivity contribution in [1.82, 2.24) is 4.98 Å². The van der Waals surface area contributed by atoms with E-state index in [1.807, 2.05) is 6.92 Å². The Morgan fingerprint density at radius 1 is 1.24 bits per heavy atom. The summed E-state index contributed by atoms with van der Waals surface area (Å²) in [7, 11) is 0. The smallest absolute Gasteiger partial charge is 0.196 e. The Hall–Kier alpha value is -1.29. The van der Waals surface area contributed by atoms with E-state index >= 15 is 0 Å². The number of aryl methyl sites for hydroxylation is 1. The van der Waals surface area contributed by atoms with Crippen molar-refractivity contribution in [2.45, 2.75) is 20.3 Å². The van der Waals surface area contributed by atoms with Crippen molar-refractivity contribution < 1.29 is 13.2 Å². The fourth-order valence-corrected chi connectivity index (χ4v) is 2.24. The summed E-state index contributed by atoms with van der Waals surface area (Å²) in [6.07, 6.45) is 0.591. The Labute approximate surface area is 101 Å². The molecule has 0 radical (unpaired) electrons. The van der Waals surface area contributed by atoms with E-state index in [1.54, 1.807) is 6.92 Å². The molecule has 0 atom stereocenters. The molecule has 0 saturated heterocycles. The number of nitrogens with zero attached hydrogens (tertiary/aromatic N) is 1. The maximum Gasteiger partial charge on any atom is 0.196 e. The normalized spacial score (nSPS) is 11.2. The molecule has 1 nitrogen and oxygen atoms in total. The molecule has 0 amide bonds. The minimum atomic E-state index is -1.52. The minimum Gasteiger partial charge on any atom is -0.250 e. The first-order valence-electron chi connectivity index (χ1n) is 5.09. The second-order valence-corrected chi connectivity index (χ2v) is 4.10. The molecule has 0 aliphatic heterocycles. The lowest BCUT2D eigenvalue weighted by Crippen LogP contribution is -2.00. The maximum absolute atomic E-state index is 13.5. The third-order valence-corrected chi connectivity index (χ3v) is 3.14. The van der Waals surface area contributed by atoms with E-state index < -0.39 is 17.5 Å². The summed E-state index contributed by atoms with van der Waals surface area (Å²) in [5.41, 5.74) is 1.00. The summed E-state index contributed by atoms with van der Waals surface area (Å²) < 4.78 is 39.7. The molecule has 2 rings (SSSR count). The molecule has 1 aromatic carbocycles. The van der Waals surface area contributed by atoms with Crippen LogP contribution in [0.4, 0.5) is 13.2 Å².